The molecule has 0 heterocycles. The zero-order valence-electron chi connectivity index (χ0n) is 15.5. The van der Waals surface area contributed by atoms with Crippen LogP contribution in [0.5, 0.6) is 0 Å². The molecular formula is C17H35BrO7. The van der Waals surface area contributed by atoms with Crippen LogP contribution in [-0.2, 0) is 33.2 Å². The highest BCUT2D eigenvalue weighted by atomic mass is 79.9. The second-order valence-electron chi connectivity index (χ2n) is 4.98. The molecule has 0 aliphatic heterocycles. The van der Waals surface area contributed by atoms with E-state index in [1.54, 1.807) is 0 Å². The topological polar surface area (TPSA) is 64.6 Å². The van der Waals surface area contributed by atoms with Crippen LogP contribution in [0.3, 0.4) is 0 Å². The summed E-state index contributed by atoms with van der Waals surface area (Å²) in [4.78, 5) is 0. The molecule has 0 aromatic carbocycles. The van der Waals surface area contributed by atoms with E-state index >= 15 is 0 Å². The standard InChI is InChI=1S/C17H35BrO7/c1-2-4-19-6-8-21-10-12-23-14-16-25-17-15-24-13-11-22-9-7-20-5-3-18/h2-17H2,1H3. The highest BCUT2D eigenvalue weighted by Gasteiger charge is 1.94. The monoisotopic (exact) mass is 430 g/mol. The molecule has 0 unspecified atom stereocenters. The van der Waals surface area contributed by atoms with Gasteiger partial charge in [0, 0.05) is 11.9 Å². The predicted molar refractivity (Wildman–Crippen MR) is 99.8 cm³/mol. The van der Waals surface area contributed by atoms with Crippen LogP contribution < -0.4 is 0 Å². The molecule has 0 aromatic rings. The van der Waals surface area contributed by atoms with Crippen LogP contribution in [0.4, 0.5) is 0 Å². The first-order valence-electron chi connectivity index (χ1n) is 9.02. The highest BCUT2D eigenvalue weighted by Crippen LogP contribution is 1.86. The van der Waals surface area contributed by atoms with Gasteiger partial charge in [0.15, 0.2) is 0 Å². The molecule has 0 saturated carbocycles. The SMILES string of the molecule is CCCOCCOCCOCCOCCOCCOCCOCCBr. The Morgan fingerprint density at radius 3 is 0.880 bits per heavy atom. The highest BCUT2D eigenvalue weighted by molar-refractivity contribution is 9.09. The normalized spacial score (nSPS) is 11.3. The fraction of sp³-hybridized carbons (Fsp3) is 1.00. The van der Waals surface area contributed by atoms with E-state index in [0.717, 1.165) is 18.4 Å². The molecule has 0 amide bonds. The molecule has 0 aromatic heterocycles. The Labute approximate surface area is 160 Å². The fourth-order valence-electron chi connectivity index (χ4n) is 1.62. The van der Waals surface area contributed by atoms with Gasteiger partial charge < -0.3 is 33.2 Å². The Bertz CT molecular complexity index is 213. The van der Waals surface area contributed by atoms with Gasteiger partial charge in [-0.1, -0.05) is 22.9 Å². The van der Waals surface area contributed by atoms with Crippen molar-refractivity contribution in [3.05, 3.63) is 0 Å². The number of rotatable bonds is 22. The summed E-state index contributed by atoms with van der Waals surface area (Å²) in [7, 11) is 0. The van der Waals surface area contributed by atoms with E-state index in [4.69, 9.17) is 33.2 Å². The molecule has 0 spiro atoms. The largest absolute Gasteiger partial charge is 0.379 e. The molecule has 0 bridgehead atoms. The van der Waals surface area contributed by atoms with Crippen LogP contribution in [0.15, 0.2) is 0 Å². The van der Waals surface area contributed by atoms with Crippen molar-refractivity contribution in [1.29, 1.82) is 0 Å². The first kappa shape index (κ1) is 25.2. The van der Waals surface area contributed by atoms with Gasteiger partial charge >= 0.3 is 0 Å². The summed E-state index contributed by atoms with van der Waals surface area (Å²) in [5, 5.41) is 0.851. The maximum absolute atomic E-state index is 5.40. The second-order valence-corrected chi connectivity index (χ2v) is 5.77. The first-order valence-corrected chi connectivity index (χ1v) is 10.1. The molecule has 0 radical (unpaired) electrons. The molecule has 0 aliphatic rings. The number of hydrogen-bond acceptors (Lipinski definition) is 7. The lowest BCUT2D eigenvalue weighted by molar-refractivity contribution is -0.0200. The molecule has 0 N–H and O–H groups in total. The molecule has 25 heavy (non-hydrogen) atoms. The molecule has 152 valence electrons. The molecule has 0 rings (SSSR count). The van der Waals surface area contributed by atoms with Crippen LogP contribution in [0.2, 0.25) is 0 Å². The zero-order chi connectivity index (χ0) is 18.3. The van der Waals surface area contributed by atoms with Crippen molar-refractivity contribution < 1.29 is 33.2 Å². The third-order valence-electron chi connectivity index (χ3n) is 2.80. The van der Waals surface area contributed by atoms with Crippen LogP contribution in [-0.4, -0.2) is 97.8 Å². The van der Waals surface area contributed by atoms with Crippen molar-refractivity contribution in [3.8, 4) is 0 Å². The summed E-state index contributed by atoms with van der Waals surface area (Å²) < 4.78 is 37.5. The Balaban J connectivity index is 2.94. The predicted octanol–water partition coefficient (Wildman–Crippen LogP) is 1.91. The average molecular weight is 431 g/mol. The van der Waals surface area contributed by atoms with E-state index in [1.807, 2.05) is 0 Å². The van der Waals surface area contributed by atoms with Crippen molar-refractivity contribution in [2.45, 2.75) is 13.3 Å². The lowest BCUT2D eigenvalue weighted by Crippen LogP contribution is -2.14. The van der Waals surface area contributed by atoms with Crippen molar-refractivity contribution in [2.24, 2.45) is 0 Å². The Morgan fingerprint density at radius 2 is 0.640 bits per heavy atom. The summed E-state index contributed by atoms with van der Waals surface area (Å²) in [5.41, 5.74) is 0. The summed E-state index contributed by atoms with van der Waals surface area (Å²) in [6, 6.07) is 0. The van der Waals surface area contributed by atoms with E-state index in [0.29, 0.717) is 85.9 Å². The minimum Gasteiger partial charge on any atom is -0.379 e. The van der Waals surface area contributed by atoms with Crippen molar-refractivity contribution in [2.75, 3.05) is 97.8 Å². The number of ether oxygens (including phenoxy) is 7. The number of alkyl halides is 1. The average Bonchev–Trinajstić information content (AvgIpc) is 2.63. The maximum Gasteiger partial charge on any atom is 0.0701 e. The van der Waals surface area contributed by atoms with E-state index in [-0.39, 0.29) is 0 Å². The molecule has 0 fully saturated rings. The summed E-state index contributed by atoms with van der Waals surface area (Å²) in [5.74, 6) is 0. The molecule has 7 nitrogen and oxygen atoms in total. The van der Waals surface area contributed by atoms with Gasteiger partial charge in [0.1, 0.15) is 0 Å². The van der Waals surface area contributed by atoms with E-state index in [1.165, 1.54) is 0 Å². The molecule has 8 heteroatoms. The minimum atomic E-state index is 0.559. The van der Waals surface area contributed by atoms with Crippen molar-refractivity contribution >= 4 is 15.9 Å². The smallest absolute Gasteiger partial charge is 0.0701 e. The minimum absolute atomic E-state index is 0.559. The van der Waals surface area contributed by atoms with Gasteiger partial charge in [-0.3, -0.25) is 0 Å². The third-order valence-corrected chi connectivity index (χ3v) is 3.13. The van der Waals surface area contributed by atoms with Gasteiger partial charge in [-0.25, -0.2) is 0 Å². The van der Waals surface area contributed by atoms with Crippen LogP contribution in [0.25, 0.3) is 0 Å². The lowest BCUT2D eigenvalue weighted by atomic mass is 10.5. The van der Waals surface area contributed by atoms with E-state index in [9.17, 15) is 0 Å². The van der Waals surface area contributed by atoms with E-state index in [2.05, 4.69) is 22.9 Å². The summed E-state index contributed by atoms with van der Waals surface area (Å²) in [6.07, 6.45) is 1.04. The molecule has 0 saturated heterocycles. The quantitative estimate of drug-likeness (QED) is 0.192. The number of hydrogen-bond donors (Lipinski definition) is 0. The first-order chi connectivity index (χ1) is 12.4. The van der Waals surface area contributed by atoms with Gasteiger partial charge in [-0.05, 0) is 6.42 Å². The Kier molecular flexibility index (Phi) is 24.4. The van der Waals surface area contributed by atoms with Gasteiger partial charge in [0.05, 0.1) is 85.9 Å². The van der Waals surface area contributed by atoms with Crippen LogP contribution >= 0.6 is 15.9 Å². The maximum atomic E-state index is 5.40. The summed E-state index contributed by atoms with van der Waals surface area (Å²) >= 11 is 3.29. The van der Waals surface area contributed by atoms with Crippen LogP contribution in [0, 0.1) is 0 Å². The van der Waals surface area contributed by atoms with Gasteiger partial charge in [-0.15, -0.1) is 0 Å². The molecular weight excluding hydrogens is 396 g/mol. The van der Waals surface area contributed by atoms with Crippen molar-refractivity contribution in [3.63, 3.8) is 0 Å². The van der Waals surface area contributed by atoms with Gasteiger partial charge in [0.25, 0.3) is 0 Å². The zero-order valence-corrected chi connectivity index (χ0v) is 17.1. The fourth-order valence-corrected chi connectivity index (χ4v) is 1.85. The van der Waals surface area contributed by atoms with Gasteiger partial charge in [-0.2, -0.15) is 0 Å². The second kappa shape index (κ2) is 24.2. The Morgan fingerprint density at radius 1 is 0.400 bits per heavy atom. The lowest BCUT2D eigenvalue weighted by Gasteiger charge is -2.08. The molecule has 0 aliphatic carbocycles. The number of halogens is 1. The summed E-state index contributed by atoms with van der Waals surface area (Å²) in [6.45, 7) is 10.6. The van der Waals surface area contributed by atoms with E-state index < -0.39 is 0 Å². The molecule has 0 atom stereocenters. The van der Waals surface area contributed by atoms with Crippen LogP contribution in [0.1, 0.15) is 13.3 Å². The van der Waals surface area contributed by atoms with Crippen molar-refractivity contribution in [1.82, 2.24) is 0 Å². The Hall–Kier alpha value is 0.200. The third kappa shape index (κ3) is 24.2. The van der Waals surface area contributed by atoms with Gasteiger partial charge in [0.2, 0.25) is 0 Å².